The summed E-state index contributed by atoms with van der Waals surface area (Å²) in [6.45, 7) is 8.33. The Morgan fingerprint density at radius 2 is 2.10 bits per heavy atom. The normalized spacial score (nSPS) is 15.5. The van der Waals surface area contributed by atoms with Crippen molar-refractivity contribution in [3.05, 3.63) is 39.3 Å². The fraction of sp³-hybridized carbons (Fsp3) is 0.500. The average Bonchev–Trinajstić information content (AvgIpc) is 2.99. The van der Waals surface area contributed by atoms with Crippen LogP contribution in [0, 0.1) is 20.8 Å². The molecule has 2 aromatic heterocycles. The lowest BCUT2D eigenvalue weighted by Crippen LogP contribution is -2.29. The number of methoxy groups -OCH3 is 1. The number of carbonyl (C=O) groups excluding carboxylic acids is 1. The van der Waals surface area contributed by atoms with Crippen molar-refractivity contribution in [3.8, 4) is 0 Å². The summed E-state index contributed by atoms with van der Waals surface area (Å²) in [4.78, 5) is 27.5. The smallest absolute Gasteiger partial charge is 0.223 e. The SMILES string of the molecule is COCCNC(=O)CC1CN(Cc2cnc(C)c(C)c2C)c2nc(N)nc(Cl)c21. The summed E-state index contributed by atoms with van der Waals surface area (Å²) in [6.07, 6.45) is 2.19. The second-order valence-electron chi connectivity index (χ2n) is 7.35. The number of amides is 1. The first-order valence-corrected chi connectivity index (χ1v) is 9.94. The number of ether oxygens (including phenoxy) is 1. The van der Waals surface area contributed by atoms with Crippen molar-refractivity contribution in [2.45, 2.75) is 39.7 Å². The molecular formula is C20H27ClN6O2. The molecule has 1 aliphatic heterocycles. The number of nitrogens with two attached hydrogens (primary N) is 1. The Labute approximate surface area is 175 Å². The second kappa shape index (κ2) is 8.92. The van der Waals surface area contributed by atoms with Crippen LogP contribution in [0.2, 0.25) is 5.15 Å². The average molecular weight is 419 g/mol. The minimum absolute atomic E-state index is 0.0585. The number of nitrogens with one attached hydrogen (secondary N) is 1. The number of fused-ring (bicyclic) bond motifs is 1. The maximum absolute atomic E-state index is 12.4. The predicted octanol–water partition coefficient (Wildman–Crippen LogP) is 2.29. The van der Waals surface area contributed by atoms with E-state index in [9.17, 15) is 4.79 Å². The first-order chi connectivity index (χ1) is 13.8. The van der Waals surface area contributed by atoms with Crippen LogP contribution >= 0.6 is 11.6 Å². The molecule has 0 spiro atoms. The minimum Gasteiger partial charge on any atom is -0.383 e. The molecule has 0 saturated carbocycles. The van der Waals surface area contributed by atoms with Crippen LogP contribution in [0.5, 0.6) is 0 Å². The number of halogens is 1. The van der Waals surface area contributed by atoms with Gasteiger partial charge in [0, 0.05) is 56.5 Å². The zero-order chi connectivity index (χ0) is 21.1. The van der Waals surface area contributed by atoms with E-state index >= 15 is 0 Å². The summed E-state index contributed by atoms with van der Waals surface area (Å²) in [7, 11) is 1.60. The highest BCUT2D eigenvalue weighted by Gasteiger charge is 2.35. The summed E-state index contributed by atoms with van der Waals surface area (Å²) < 4.78 is 4.98. The van der Waals surface area contributed by atoms with Crippen LogP contribution in [0.3, 0.4) is 0 Å². The fourth-order valence-corrected chi connectivity index (χ4v) is 3.95. The van der Waals surface area contributed by atoms with E-state index in [1.165, 1.54) is 11.1 Å². The molecule has 8 nitrogen and oxygen atoms in total. The number of carbonyl (C=O) groups is 1. The van der Waals surface area contributed by atoms with Gasteiger partial charge in [0.05, 0.1) is 6.61 Å². The zero-order valence-electron chi connectivity index (χ0n) is 17.3. The van der Waals surface area contributed by atoms with E-state index in [-0.39, 0.29) is 17.8 Å². The molecule has 9 heteroatoms. The molecule has 0 fully saturated rings. The number of pyridine rings is 1. The van der Waals surface area contributed by atoms with Crippen molar-refractivity contribution < 1.29 is 9.53 Å². The lowest BCUT2D eigenvalue weighted by Gasteiger charge is -2.21. The van der Waals surface area contributed by atoms with Crippen LogP contribution in [-0.2, 0) is 16.1 Å². The number of nitrogens with zero attached hydrogens (tertiary/aromatic N) is 4. The van der Waals surface area contributed by atoms with E-state index in [1.807, 2.05) is 13.1 Å². The Balaban J connectivity index is 1.85. The summed E-state index contributed by atoms with van der Waals surface area (Å²) in [5, 5.41) is 3.16. The predicted molar refractivity (Wildman–Crippen MR) is 113 cm³/mol. The minimum atomic E-state index is -0.111. The van der Waals surface area contributed by atoms with Gasteiger partial charge >= 0.3 is 0 Å². The second-order valence-corrected chi connectivity index (χ2v) is 7.71. The molecular weight excluding hydrogens is 392 g/mol. The molecule has 1 unspecified atom stereocenters. The molecule has 3 heterocycles. The van der Waals surface area contributed by atoms with Gasteiger partial charge in [0.1, 0.15) is 11.0 Å². The van der Waals surface area contributed by atoms with Crippen molar-refractivity contribution >= 4 is 29.3 Å². The lowest BCUT2D eigenvalue weighted by molar-refractivity contribution is -0.121. The topological polar surface area (TPSA) is 106 Å². The van der Waals surface area contributed by atoms with E-state index in [2.05, 4.69) is 39.0 Å². The quantitative estimate of drug-likeness (QED) is 0.524. The molecule has 0 aromatic carbocycles. The summed E-state index contributed by atoms with van der Waals surface area (Å²) in [5.41, 5.74) is 11.1. The van der Waals surface area contributed by atoms with Crippen LogP contribution in [0.25, 0.3) is 0 Å². The van der Waals surface area contributed by atoms with E-state index in [4.69, 9.17) is 22.1 Å². The maximum Gasteiger partial charge on any atom is 0.223 e. The zero-order valence-corrected chi connectivity index (χ0v) is 18.0. The van der Waals surface area contributed by atoms with Crippen molar-refractivity contribution in [2.75, 3.05) is 37.4 Å². The number of aryl methyl sites for hydroxylation is 1. The molecule has 0 saturated heterocycles. The maximum atomic E-state index is 12.4. The molecule has 1 aliphatic rings. The largest absolute Gasteiger partial charge is 0.383 e. The third-order valence-corrected chi connectivity index (χ3v) is 5.76. The molecule has 29 heavy (non-hydrogen) atoms. The van der Waals surface area contributed by atoms with Crippen LogP contribution in [0.1, 0.15) is 40.3 Å². The van der Waals surface area contributed by atoms with Crippen LogP contribution < -0.4 is 16.0 Å². The van der Waals surface area contributed by atoms with Gasteiger partial charge in [0.2, 0.25) is 11.9 Å². The third-order valence-electron chi connectivity index (χ3n) is 5.47. The first-order valence-electron chi connectivity index (χ1n) is 9.57. The van der Waals surface area contributed by atoms with Crippen LogP contribution in [0.15, 0.2) is 6.20 Å². The van der Waals surface area contributed by atoms with Gasteiger partial charge in [-0.15, -0.1) is 0 Å². The first kappa shape index (κ1) is 21.3. The summed E-state index contributed by atoms with van der Waals surface area (Å²) in [5.74, 6) is 0.644. The molecule has 3 N–H and O–H groups in total. The monoisotopic (exact) mass is 418 g/mol. The van der Waals surface area contributed by atoms with E-state index < -0.39 is 0 Å². The van der Waals surface area contributed by atoms with Crippen molar-refractivity contribution in [3.63, 3.8) is 0 Å². The molecule has 156 valence electrons. The number of anilines is 2. The van der Waals surface area contributed by atoms with Gasteiger partial charge < -0.3 is 20.7 Å². The number of aromatic nitrogens is 3. The Hall–Kier alpha value is -2.45. The van der Waals surface area contributed by atoms with Crippen molar-refractivity contribution in [1.29, 1.82) is 0 Å². The highest BCUT2D eigenvalue weighted by atomic mass is 35.5. The number of hydrogen-bond donors (Lipinski definition) is 2. The van der Waals surface area contributed by atoms with Gasteiger partial charge in [-0.3, -0.25) is 9.78 Å². The standard InChI is InChI=1S/C20H27ClN6O2/c1-11-12(2)15(8-24-13(11)3)10-27-9-14(7-16(28)23-5-6-29-4)17-18(21)25-20(22)26-19(17)27/h8,14H,5-7,9-10H2,1-4H3,(H,23,28)(H2,22,25,26). The number of rotatable bonds is 7. The number of nitrogen functional groups attached to an aromatic ring is 1. The molecule has 0 aliphatic carbocycles. The van der Waals surface area contributed by atoms with E-state index in [0.29, 0.717) is 43.6 Å². The van der Waals surface area contributed by atoms with Gasteiger partial charge in [-0.25, -0.2) is 4.98 Å². The van der Waals surface area contributed by atoms with Gasteiger partial charge in [-0.2, -0.15) is 4.98 Å². The Morgan fingerprint density at radius 1 is 1.34 bits per heavy atom. The summed E-state index contributed by atoms with van der Waals surface area (Å²) >= 11 is 6.40. The van der Waals surface area contributed by atoms with Crippen LogP contribution in [-0.4, -0.2) is 47.7 Å². The lowest BCUT2D eigenvalue weighted by atomic mass is 10.00. The highest BCUT2D eigenvalue weighted by molar-refractivity contribution is 6.30. The molecule has 3 rings (SSSR count). The third kappa shape index (κ3) is 4.59. The molecule has 1 amide bonds. The molecule has 0 bridgehead atoms. The van der Waals surface area contributed by atoms with Gasteiger partial charge in [0.15, 0.2) is 0 Å². The highest BCUT2D eigenvalue weighted by Crippen LogP contribution is 2.41. The van der Waals surface area contributed by atoms with Crippen LogP contribution in [0.4, 0.5) is 11.8 Å². The Kier molecular flexibility index (Phi) is 6.54. The van der Waals surface area contributed by atoms with E-state index in [0.717, 1.165) is 16.8 Å². The van der Waals surface area contributed by atoms with Gasteiger partial charge in [-0.1, -0.05) is 11.6 Å². The molecule has 1 atom stereocenters. The Bertz CT molecular complexity index is 920. The summed E-state index contributed by atoms with van der Waals surface area (Å²) in [6, 6.07) is 0. The molecule has 0 radical (unpaired) electrons. The van der Waals surface area contributed by atoms with Gasteiger partial charge in [-0.05, 0) is 37.5 Å². The Morgan fingerprint density at radius 3 is 2.83 bits per heavy atom. The van der Waals surface area contributed by atoms with E-state index in [1.54, 1.807) is 7.11 Å². The fourth-order valence-electron chi connectivity index (χ4n) is 3.62. The molecule has 2 aromatic rings. The van der Waals surface area contributed by atoms with Gasteiger partial charge in [0.25, 0.3) is 0 Å². The van der Waals surface area contributed by atoms with Crippen molar-refractivity contribution in [1.82, 2.24) is 20.3 Å². The van der Waals surface area contributed by atoms with Crippen molar-refractivity contribution in [2.24, 2.45) is 0 Å². The number of hydrogen-bond acceptors (Lipinski definition) is 7.